The van der Waals surface area contributed by atoms with E-state index in [1.807, 2.05) is 13.0 Å². The second-order valence-corrected chi connectivity index (χ2v) is 10.1. The van der Waals surface area contributed by atoms with Gasteiger partial charge in [0.05, 0.1) is 6.61 Å². The van der Waals surface area contributed by atoms with Crippen molar-refractivity contribution in [2.24, 2.45) is 5.92 Å². The molecule has 0 amide bonds. The van der Waals surface area contributed by atoms with Crippen molar-refractivity contribution in [3.63, 3.8) is 0 Å². The van der Waals surface area contributed by atoms with Crippen LogP contribution in [0.5, 0.6) is 5.75 Å². The summed E-state index contributed by atoms with van der Waals surface area (Å²) in [5, 5.41) is 0. The number of halogens is 3. The maximum absolute atomic E-state index is 15.1. The second kappa shape index (κ2) is 12.5. The molecule has 4 rings (SSSR count). The Morgan fingerprint density at radius 1 is 0.722 bits per heavy atom. The lowest BCUT2D eigenvalue weighted by molar-refractivity contribution is 0.295. The van der Waals surface area contributed by atoms with Gasteiger partial charge in [-0.15, -0.1) is 0 Å². The Kier molecular flexibility index (Phi) is 9.12. The fourth-order valence-electron chi connectivity index (χ4n) is 5.39. The van der Waals surface area contributed by atoms with E-state index in [1.165, 1.54) is 50.7 Å². The molecule has 3 aromatic carbocycles. The zero-order valence-electron chi connectivity index (χ0n) is 21.5. The molecule has 4 heteroatoms. The van der Waals surface area contributed by atoms with E-state index in [1.54, 1.807) is 30.3 Å². The molecule has 0 radical (unpaired) electrons. The van der Waals surface area contributed by atoms with Crippen molar-refractivity contribution in [2.75, 3.05) is 6.61 Å². The van der Waals surface area contributed by atoms with Gasteiger partial charge in [0.15, 0.2) is 11.6 Å². The highest BCUT2D eigenvalue weighted by Crippen LogP contribution is 2.39. The first kappa shape index (κ1) is 26.3. The lowest BCUT2D eigenvalue weighted by atomic mass is 9.77. The Morgan fingerprint density at radius 2 is 1.39 bits per heavy atom. The van der Waals surface area contributed by atoms with Crippen LogP contribution in [0.3, 0.4) is 0 Å². The standard InChI is InChI=1S/C32H37F3O/c1-3-5-6-7-22-8-10-23(11-9-22)26-16-17-27(29(33)21-26)24-12-14-25(15-13-24)28-18-19-30(36-20-4-2)32(35)31(28)34/h12-19,21-23H,3-11,20H2,1-2H3. The van der Waals surface area contributed by atoms with Crippen molar-refractivity contribution in [3.8, 4) is 28.0 Å². The summed E-state index contributed by atoms with van der Waals surface area (Å²) in [5.74, 6) is -0.982. The molecule has 0 unspecified atom stereocenters. The summed E-state index contributed by atoms with van der Waals surface area (Å²) in [7, 11) is 0. The quantitative estimate of drug-likeness (QED) is 0.255. The molecule has 0 aromatic heterocycles. The van der Waals surface area contributed by atoms with Gasteiger partial charge in [-0.1, -0.05) is 75.9 Å². The Morgan fingerprint density at radius 3 is 2.03 bits per heavy atom. The molecule has 1 nitrogen and oxygen atoms in total. The zero-order valence-corrected chi connectivity index (χ0v) is 21.5. The van der Waals surface area contributed by atoms with Crippen LogP contribution >= 0.6 is 0 Å². The maximum atomic E-state index is 15.1. The van der Waals surface area contributed by atoms with Gasteiger partial charge < -0.3 is 4.74 Å². The van der Waals surface area contributed by atoms with Crippen LogP contribution in [-0.4, -0.2) is 6.61 Å². The predicted molar refractivity (Wildman–Crippen MR) is 142 cm³/mol. The van der Waals surface area contributed by atoms with Crippen LogP contribution in [0.15, 0.2) is 54.6 Å². The lowest BCUT2D eigenvalue weighted by Gasteiger charge is -2.29. The SMILES string of the molecule is CCCCCC1CCC(c2ccc(-c3ccc(-c4ccc(OCCC)c(F)c4F)cc3)c(F)c2)CC1. The summed E-state index contributed by atoms with van der Waals surface area (Å²) in [6, 6.07) is 15.5. The monoisotopic (exact) mass is 494 g/mol. The predicted octanol–water partition coefficient (Wildman–Crippen LogP) is 10.1. The highest BCUT2D eigenvalue weighted by atomic mass is 19.2. The molecule has 0 saturated heterocycles. The van der Waals surface area contributed by atoms with E-state index in [4.69, 9.17) is 4.74 Å². The molecule has 0 N–H and O–H groups in total. The molecule has 0 aliphatic heterocycles. The number of hydrogen-bond donors (Lipinski definition) is 0. The molecule has 192 valence electrons. The number of hydrogen-bond acceptors (Lipinski definition) is 1. The van der Waals surface area contributed by atoms with Crippen molar-refractivity contribution < 1.29 is 17.9 Å². The van der Waals surface area contributed by atoms with Gasteiger partial charge in [0, 0.05) is 11.1 Å². The third-order valence-electron chi connectivity index (χ3n) is 7.54. The fraction of sp³-hybridized carbons (Fsp3) is 0.438. The highest BCUT2D eigenvalue weighted by molar-refractivity contribution is 5.71. The van der Waals surface area contributed by atoms with E-state index >= 15 is 4.39 Å². The largest absolute Gasteiger partial charge is 0.490 e. The van der Waals surface area contributed by atoms with Gasteiger partial charge in [-0.3, -0.25) is 0 Å². The van der Waals surface area contributed by atoms with Crippen molar-refractivity contribution in [1.82, 2.24) is 0 Å². The van der Waals surface area contributed by atoms with Crippen LogP contribution in [0.25, 0.3) is 22.3 Å². The molecule has 3 aromatic rings. The highest BCUT2D eigenvalue weighted by Gasteiger charge is 2.23. The summed E-state index contributed by atoms with van der Waals surface area (Å²) in [6.07, 6.45) is 10.7. The second-order valence-electron chi connectivity index (χ2n) is 10.1. The van der Waals surface area contributed by atoms with Gasteiger partial charge in [-0.05, 0) is 78.8 Å². The van der Waals surface area contributed by atoms with Gasteiger partial charge in [-0.2, -0.15) is 4.39 Å². The Labute approximate surface area is 213 Å². The van der Waals surface area contributed by atoms with Crippen molar-refractivity contribution in [1.29, 1.82) is 0 Å². The molecule has 1 fully saturated rings. The minimum atomic E-state index is -0.985. The van der Waals surface area contributed by atoms with E-state index in [9.17, 15) is 8.78 Å². The van der Waals surface area contributed by atoms with E-state index in [0.717, 1.165) is 24.3 Å². The van der Waals surface area contributed by atoms with Crippen molar-refractivity contribution in [3.05, 3.63) is 77.6 Å². The van der Waals surface area contributed by atoms with Gasteiger partial charge in [0.1, 0.15) is 5.82 Å². The van der Waals surface area contributed by atoms with E-state index in [2.05, 4.69) is 13.0 Å². The molecule has 1 aliphatic rings. The minimum absolute atomic E-state index is 0.0816. The summed E-state index contributed by atoms with van der Waals surface area (Å²) in [6.45, 7) is 4.48. The topological polar surface area (TPSA) is 9.23 Å². The van der Waals surface area contributed by atoms with Crippen LogP contribution in [0.1, 0.15) is 83.1 Å². The molecule has 0 atom stereocenters. The van der Waals surface area contributed by atoms with Crippen molar-refractivity contribution in [2.45, 2.75) is 77.6 Å². The molecule has 0 heterocycles. The van der Waals surface area contributed by atoms with Gasteiger partial charge in [0.25, 0.3) is 0 Å². The first-order valence-electron chi connectivity index (χ1n) is 13.5. The van der Waals surface area contributed by atoms with Gasteiger partial charge in [0.2, 0.25) is 5.82 Å². The van der Waals surface area contributed by atoms with Crippen LogP contribution in [0, 0.1) is 23.4 Å². The van der Waals surface area contributed by atoms with Gasteiger partial charge >= 0.3 is 0 Å². The van der Waals surface area contributed by atoms with E-state index in [-0.39, 0.29) is 17.1 Å². The van der Waals surface area contributed by atoms with Crippen LogP contribution in [-0.2, 0) is 0 Å². The Balaban J connectivity index is 1.44. The van der Waals surface area contributed by atoms with Crippen LogP contribution in [0.2, 0.25) is 0 Å². The fourth-order valence-corrected chi connectivity index (χ4v) is 5.39. The Bertz CT molecular complexity index is 1130. The van der Waals surface area contributed by atoms with Crippen LogP contribution < -0.4 is 4.74 Å². The molecule has 0 spiro atoms. The third kappa shape index (κ3) is 6.14. The Hall–Kier alpha value is -2.75. The normalized spacial score (nSPS) is 17.8. The number of ether oxygens (including phenoxy) is 1. The molecule has 36 heavy (non-hydrogen) atoms. The smallest absolute Gasteiger partial charge is 0.201 e. The van der Waals surface area contributed by atoms with Crippen molar-refractivity contribution >= 4 is 0 Å². The molecular formula is C32H37F3O. The van der Waals surface area contributed by atoms with E-state index < -0.39 is 11.6 Å². The molecule has 1 saturated carbocycles. The average molecular weight is 495 g/mol. The molecule has 1 aliphatic carbocycles. The minimum Gasteiger partial charge on any atom is -0.490 e. The lowest BCUT2D eigenvalue weighted by Crippen LogP contribution is -2.13. The van der Waals surface area contributed by atoms with E-state index in [0.29, 0.717) is 35.6 Å². The first-order chi connectivity index (χ1) is 17.5. The summed E-state index contributed by atoms with van der Waals surface area (Å²) in [4.78, 5) is 0. The maximum Gasteiger partial charge on any atom is 0.201 e. The van der Waals surface area contributed by atoms with Gasteiger partial charge in [-0.25, -0.2) is 8.78 Å². The third-order valence-corrected chi connectivity index (χ3v) is 7.54. The number of benzene rings is 3. The number of unbranched alkanes of at least 4 members (excludes halogenated alkanes) is 2. The molecule has 0 bridgehead atoms. The summed E-state index contributed by atoms with van der Waals surface area (Å²) < 4.78 is 49.5. The first-order valence-corrected chi connectivity index (χ1v) is 13.5. The molecular weight excluding hydrogens is 457 g/mol. The average Bonchev–Trinajstić information content (AvgIpc) is 2.90. The zero-order chi connectivity index (χ0) is 25.5. The van der Waals surface area contributed by atoms with Crippen LogP contribution in [0.4, 0.5) is 13.2 Å². The summed E-state index contributed by atoms with van der Waals surface area (Å²) in [5.41, 5.74) is 3.01. The summed E-state index contributed by atoms with van der Waals surface area (Å²) >= 11 is 0. The number of rotatable bonds is 10.